The lowest BCUT2D eigenvalue weighted by Gasteiger charge is -2.10. The molecule has 0 saturated heterocycles. The van der Waals surface area contributed by atoms with E-state index in [1.54, 1.807) is 6.92 Å². The van der Waals surface area contributed by atoms with Gasteiger partial charge in [0.15, 0.2) is 5.88 Å². The Balaban J connectivity index is 3.34. The number of hydrogen-bond donors (Lipinski definition) is 4. The summed E-state index contributed by atoms with van der Waals surface area (Å²) in [5.41, 5.74) is 6.06. The van der Waals surface area contributed by atoms with E-state index in [1.165, 1.54) is 0 Å². The zero-order valence-corrected chi connectivity index (χ0v) is 8.33. The summed E-state index contributed by atoms with van der Waals surface area (Å²) in [6.45, 7) is 1.99. The van der Waals surface area contributed by atoms with Crippen LogP contribution in [0.1, 0.15) is 11.1 Å². The van der Waals surface area contributed by atoms with Gasteiger partial charge in [0, 0.05) is 5.56 Å². The van der Waals surface area contributed by atoms with Crippen molar-refractivity contribution < 1.29 is 9.90 Å². The fourth-order valence-electron chi connectivity index (χ4n) is 1.43. The van der Waals surface area contributed by atoms with Gasteiger partial charge in [0.2, 0.25) is 6.41 Å². The van der Waals surface area contributed by atoms with Gasteiger partial charge in [0.05, 0.1) is 0 Å². The van der Waals surface area contributed by atoms with Crippen LogP contribution in [-0.4, -0.2) is 23.0 Å². The molecule has 1 aromatic heterocycles. The van der Waals surface area contributed by atoms with Gasteiger partial charge >= 0.3 is 0 Å². The Bertz CT molecular complexity index is 425. The predicted octanol–water partition coefficient (Wildman–Crippen LogP) is -0.542. The highest BCUT2D eigenvalue weighted by atomic mass is 16.3. The first-order valence-corrected chi connectivity index (χ1v) is 4.46. The molecular weight excluding hydrogens is 198 g/mol. The van der Waals surface area contributed by atoms with Crippen molar-refractivity contribution in [2.45, 2.75) is 13.3 Å². The molecule has 6 nitrogen and oxygen atoms in total. The number of nitrogens with one attached hydrogen (secondary N) is 2. The molecule has 0 bridgehead atoms. The van der Waals surface area contributed by atoms with Gasteiger partial charge in [-0.15, -0.1) is 0 Å². The lowest BCUT2D eigenvalue weighted by Crippen LogP contribution is -2.17. The van der Waals surface area contributed by atoms with E-state index in [-0.39, 0.29) is 11.6 Å². The van der Waals surface area contributed by atoms with Crippen molar-refractivity contribution in [1.82, 2.24) is 4.98 Å². The smallest absolute Gasteiger partial charge is 0.274 e. The van der Waals surface area contributed by atoms with Gasteiger partial charge in [-0.3, -0.25) is 14.6 Å². The molecule has 0 unspecified atom stereocenters. The van der Waals surface area contributed by atoms with Gasteiger partial charge in [-0.2, -0.15) is 0 Å². The second-order valence-corrected chi connectivity index (χ2v) is 3.08. The third-order valence-electron chi connectivity index (χ3n) is 2.17. The maximum Gasteiger partial charge on any atom is 0.274 e. The third-order valence-corrected chi connectivity index (χ3v) is 2.17. The molecule has 82 valence electrons. The topological polar surface area (TPSA) is 108 Å². The van der Waals surface area contributed by atoms with E-state index >= 15 is 0 Å². The largest absolute Gasteiger partial charge is 0.494 e. The van der Waals surface area contributed by atoms with Crippen LogP contribution in [0.5, 0.6) is 5.88 Å². The van der Waals surface area contributed by atoms with E-state index in [0.717, 1.165) is 0 Å². The maximum atomic E-state index is 11.3. The number of aromatic amines is 1. The molecule has 0 aliphatic heterocycles. The summed E-state index contributed by atoms with van der Waals surface area (Å²) in [6, 6.07) is 0. The first kappa shape index (κ1) is 11.3. The minimum absolute atomic E-state index is 0.145. The summed E-state index contributed by atoms with van der Waals surface area (Å²) >= 11 is 0. The molecule has 6 heteroatoms. The number of carbonyl (C=O) groups is 1. The summed E-state index contributed by atoms with van der Waals surface area (Å²) in [7, 11) is 0. The zero-order valence-electron chi connectivity index (χ0n) is 8.33. The van der Waals surface area contributed by atoms with Gasteiger partial charge in [-0.05, 0) is 25.5 Å². The molecule has 1 amide bonds. The normalized spacial score (nSPS) is 10.0. The monoisotopic (exact) mass is 211 g/mol. The summed E-state index contributed by atoms with van der Waals surface area (Å²) in [5, 5.41) is 11.8. The van der Waals surface area contributed by atoms with Crippen molar-refractivity contribution in [2.75, 3.05) is 11.9 Å². The highest BCUT2D eigenvalue weighted by Gasteiger charge is 2.12. The zero-order chi connectivity index (χ0) is 11.4. The summed E-state index contributed by atoms with van der Waals surface area (Å²) < 4.78 is 0. The molecule has 15 heavy (non-hydrogen) atoms. The van der Waals surface area contributed by atoms with Gasteiger partial charge in [-0.25, -0.2) is 0 Å². The summed E-state index contributed by atoms with van der Waals surface area (Å²) in [4.78, 5) is 23.9. The number of pyridine rings is 1. The number of rotatable bonds is 4. The van der Waals surface area contributed by atoms with Crippen molar-refractivity contribution in [2.24, 2.45) is 5.73 Å². The average molecular weight is 211 g/mol. The van der Waals surface area contributed by atoms with E-state index < -0.39 is 5.56 Å². The Morgan fingerprint density at radius 1 is 1.60 bits per heavy atom. The van der Waals surface area contributed by atoms with Gasteiger partial charge in [0.25, 0.3) is 5.56 Å². The minimum Gasteiger partial charge on any atom is -0.494 e. The second-order valence-electron chi connectivity index (χ2n) is 3.08. The van der Waals surface area contributed by atoms with Crippen LogP contribution in [0.15, 0.2) is 4.79 Å². The van der Waals surface area contributed by atoms with E-state index in [2.05, 4.69) is 10.3 Å². The lowest BCUT2D eigenvalue weighted by molar-refractivity contribution is -0.105. The van der Waals surface area contributed by atoms with E-state index in [1.807, 2.05) is 0 Å². The molecule has 0 aliphatic rings. The molecule has 0 atom stereocenters. The molecular formula is C9H13N3O3. The number of amides is 1. The first-order chi connectivity index (χ1) is 7.11. The summed E-state index contributed by atoms with van der Waals surface area (Å²) in [6.07, 6.45) is 0.850. The lowest BCUT2D eigenvalue weighted by atomic mass is 10.1. The van der Waals surface area contributed by atoms with Gasteiger partial charge in [0.1, 0.15) is 5.69 Å². The van der Waals surface area contributed by atoms with Gasteiger partial charge in [-0.1, -0.05) is 0 Å². The number of hydrogen-bond acceptors (Lipinski definition) is 4. The highest BCUT2D eigenvalue weighted by molar-refractivity contribution is 5.73. The van der Waals surface area contributed by atoms with Crippen LogP contribution in [-0.2, 0) is 11.2 Å². The second kappa shape index (κ2) is 4.61. The fraction of sp³-hybridized carbons (Fsp3) is 0.333. The number of carbonyl (C=O) groups excluding carboxylic acids is 1. The standard InChI is InChI=1S/C9H13N3O3/c1-5-6(2-3-10)8(14)12-9(15)7(5)11-4-13/h4H,2-3,10H2,1H3,(H,11,13)(H2,12,14,15). The molecule has 1 rings (SSSR count). The number of nitrogens with two attached hydrogens (primary N) is 1. The van der Waals surface area contributed by atoms with Crippen molar-refractivity contribution in [3.05, 3.63) is 21.5 Å². The molecule has 1 aromatic rings. The van der Waals surface area contributed by atoms with Crippen molar-refractivity contribution in [3.8, 4) is 5.88 Å². The Labute approximate surface area is 86.1 Å². The quantitative estimate of drug-likeness (QED) is 0.501. The molecule has 0 aliphatic carbocycles. The molecule has 5 N–H and O–H groups in total. The number of anilines is 1. The summed E-state index contributed by atoms with van der Waals surface area (Å²) in [5.74, 6) is -0.195. The number of aromatic nitrogens is 1. The first-order valence-electron chi connectivity index (χ1n) is 4.46. The molecule has 0 aromatic carbocycles. The Hall–Kier alpha value is -1.82. The molecule has 0 fully saturated rings. The molecule has 0 spiro atoms. The third kappa shape index (κ3) is 2.16. The molecule has 0 saturated carbocycles. The van der Waals surface area contributed by atoms with Crippen molar-refractivity contribution in [1.29, 1.82) is 0 Å². The van der Waals surface area contributed by atoms with Gasteiger partial charge < -0.3 is 16.2 Å². The highest BCUT2D eigenvalue weighted by Crippen LogP contribution is 2.21. The van der Waals surface area contributed by atoms with Crippen molar-refractivity contribution >= 4 is 12.1 Å². The van der Waals surface area contributed by atoms with E-state index in [9.17, 15) is 14.7 Å². The van der Waals surface area contributed by atoms with Crippen molar-refractivity contribution in [3.63, 3.8) is 0 Å². The van der Waals surface area contributed by atoms with Crippen LogP contribution in [0.25, 0.3) is 0 Å². The van der Waals surface area contributed by atoms with Crippen LogP contribution in [0.2, 0.25) is 0 Å². The number of aromatic hydroxyl groups is 1. The van der Waals surface area contributed by atoms with E-state index in [0.29, 0.717) is 30.5 Å². The average Bonchev–Trinajstić information content (AvgIpc) is 2.19. The fourth-order valence-corrected chi connectivity index (χ4v) is 1.43. The Kier molecular flexibility index (Phi) is 3.46. The SMILES string of the molecule is Cc1c(CCN)c(O)[nH]c(=O)c1NC=O. The maximum absolute atomic E-state index is 11.3. The number of H-pyrrole nitrogens is 1. The van der Waals surface area contributed by atoms with Crippen LogP contribution in [0.3, 0.4) is 0 Å². The van der Waals surface area contributed by atoms with Crippen LogP contribution >= 0.6 is 0 Å². The minimum atomic E-state index is -0.530. The Morgan fingerprint density at radius 2 is 2.27 bits per heavy atom. The predicted molar refractivity (Wildman–Crippen MR) is 55.9 cm³/mol. The van der Waals surface area contributed by atoms with E-state index in [4.69, 9.17) is 5.73 Å². The van der Waals surface area contributed by atoms with Crippen LogP contribution in [0, 0.1) is 6.92 Å². The van der Waals surface area contributed by atoms with Crippen LogP contribution < -0.4 is 16.6 Å². The van der Waals surface area contributed by atoms with Crippen LogP contribution in [0.4, 0.5) is 5.69 Å². The Morgan fingerprint density at radius 3 is 2.80 bits per heavy atom. The molecule has 0 radical (unpaired) electrons. The molecule has 1 heterocycles.